The van der Waals surface area contributed by atoms with Crippen LogP contribution in [0.15, 0.2) is 29.4 Å². The fraction of sp³-hybridized carbons (Fsp3) is 0.586. The predicted molar refractivity (Wildman–Crippen MR) is 156 cm³/mol. The Bertz CT molecular complexity index is 1620. The standard InChI is InChI=1S/C29H33F2N4O7PS/c30-29(31,43(39,40)41)18-7-10-23-17(11-18)12-24(44-23)25(36)32-20-4-2-1-3-19-8-9-22(35(19)26(20)37)27(38)34-14-28(15-34)13-21(33-42-28)16-5-6-16/h7,10-12,16,19-20,22H,1-6,8-9,13-15H2,(H,32,36)(H2,39,40,41)/t19-,20-,22-/m0/s1. The molecule has 1 spiro atoms. The summed E-state index contributed by atoms with van der Waals surface area (Å²) in [6, 6.07) is 3.01. The molecule has 1 aromatic heterocycles. The third-order valence-electron chi connectivity index (χ3n) is 9.56. The molecule has 4 fully saturated rings. The highest BCUT2D eigenvalue weighted by atomic mass is 32.1. The van der Waals surface area contributed by atoms with E-state index >= 15 is 0 Å². The van der Waals surface area contributed by atoms with Crippen molar-refractivity contribution in [1.82, 2.24) is 15.1 Å². The monoisotopic (exact) mass is 650 g/mol. The molecule has 44 heavy (non-hydrogen) atoms. The van der Waals surface area contributed by atoms with Crippen LogP contribution >= 0.6 is 18.9 Å². The van der Waals surface area contributed by atoms with E-state index in [4.69, 9.17) is 14.6 Å². The third kappa shape index (κ3) is 5.13. The lowest BCUT2D eigenvalue weighted by molar-refractivity contribution is -0.168. The van der Waals surface area contributed by atoms with E-state index in [0.29, 0.717) is 43.0 Å². The van der Waals surface area contributed by atoms with Crippen LogP contribution < -0.4 is 5.32 Å². The van der Waals surface area contributed by atoms with Crippen molar-refractivity contribution in [2.45, 2.75) is 87.2 Å². The first-order chi connectivity index (χ1) is 20.8. The smallest absolute Gasteiger partial charge is 0.385 e. The Hall–Kier alpha value is -2.93. The lowest BCUT2D eigenvalue weighted by Gasteiger charge is -2.47. The summed E-state index contributed by atoms with van der Waals surface area (Å²) in [5, 5.41) is 7.33. The number of hydrogen-bond donors (Lipinski definition) is 3. The van der Waals surface area contributed by atoms with Crippen molar-refractivity contribution < 1.29 is 42.4 Å². The zero-order chi connectivity index (χ0) is 31.0. The maximum Gasteiger partial charge on any atom is 0.399 e. The minimum Gasteiger partial charge on any atom is -0.385 e. The van der Waals surface area contributed by atoms with E-state index < -0.39 is 42.4 Å². The first kappa shape index (κ1) is 29.8. The molecule has 5 heterocycles. The number of oxime groups is 1. The van der Waals surface area contributed by atoms with Gasteiger partial charge in [-0.25, -0.2) is 0 Å². The molecule has 3 atom stereocenters. The van der Waals surface area contributed by atoms with Gasteiger partial charge in [-0.1, -0.05) is 24.1 Å². The van der Waals surface area contributed by atoms with Crippen LogP contribution in [0.3, 0.4) is 0 Å². The van der Waals surface area contributed by atoms with Gasteiger partial charge in [-0.15, -0.1) is 11.3 Å². The Kier molecular flexibility index (Phi) is 7.15. The molecule has 4 aliphatic heterocycles. The largest absolute Gasteiger partial charge is 0.399 e. The topological polar surface area (TPSA) is 149 Å². The molecule has 236 valence electrons. The quantitative estimate of drug-likeness (QED) is 0.402. The Labute approximate surface area is 255 Å². The van der Waals surface area contributed by atoms with E-state index in [1.54, 1.807) is 9.80 Å². The zero-order valence-electron chi connectivity index (χ0n) is 23.8. The number of thiophene rings is 1. The minimum absolute atomic E-state index is 0.0858. The highest BCUT2D eigenvalue weighted by Gasteiger charge is 2.56. The van der Waals surface area contributed by atoms with Gasteiger partial charge in [-0.3, -0.25) is 18.9 Å². The molecule has 0 bridgehead atoms. The molecule has 5 aliphatic rings. The van der Waals surface area contributed by atoms with E-state index in [2.05, 4.69) is 10.5 Å². The molecule has 3 N–H and O–H groups in total. The summed E-state index contributed by atoms with van der Waals surface area (Å²) in [5.41, 5.74) is -4.57. The van der Waals surface area contributed by atoms with Crippen LogP contribution in [0.4, 0.5) is 8.78 Å². The summed E-state index contributed by atoms with van der Waals surface area (Å²) in [5.74, 6) is -0.437. The second-order valence-electron chi connectivity index (χ2n) is 12.8. The maximum atomic E-state index is 14.3. The Morgan fingerprint density at radius 3 is 2.57 bits per heavy atom. The van der Waals surface area contributed by atoms with E-state index in [9.17, 15) is 27.7 Å². The van der Waals surface area contributed by atoms with Crippen molar-refractivity contribution in [2.24, 2.45) is 11.1 Å². The van der Waals surface area contributed by atoms with E-state index in [0.717, 1.165) is 67.7 Å². The van der Waals surface area contributed by atoms with Crippen LogP contribution in [0, 0.1) is 5.92 Å². The van der Waals surface area contributed by atoms with Gasteiger partial charge in [0.15, 0.2) is 5.60 Å². The molecule has 3 amide bonds. The average Bonchev–Trinajstić information content (AvgIpc) is 3.37. The number of amides is 3. The SMILES string of the molecule is O=C(N[C@H]1CCCC[C@H]2CC[C@@H](C(=O)N3CC4(CC(C5CC5)=NO4)C3)N2C1=O)c1cc2cc(C(F)(F)P(=O)(O)O)ccc2s1. The molecule has 0 radical (unpaired) electrons. The molecule has 2 aromatic rings. The van der Waals surface area contributed by atoms with Gasteiger partial charge in [0.1, 0.15) is 12.1 Å². The van der Waals surface area contributed by atoms with Gasteiger partial charge in [0, 0.05) is 28.6 Å². The van der Waals surface area contributed by atoms with Crippen LogP contribution in [0.1, 0.15) is 73.0 Å². The molecule has 3 saturated heterocycles. The fourth-order valence-electron chi connectivity index (χ4n) is 7.02. The predicted octanol–water partition coefficient (Wildman–Crippen LogP) is 3.93. The van der Waals surface area contributed by atoms with Crippen molar-refractivity contribution in [1.29, 1.82) is 0 Å². The van der Waals surface area contributed by atoms with Crippen LogP contribution in [0.2, 0.25) is 0 Å². The minimum atomic E-state index is -5.75. The molecule has 1 aliphatic carbocycles. The fourth-order valence-corrected chi connectivity index (χ4v) is 8.44. The van der Waals surface area contributed by atoms with Crippen molar-refractivity contribution >= 4 is 52.5 Å². The normalized spacial score (nSPS) is 27.0. The van der Waals surface area contributed by atoms with Crippen molar-refractivity contribution in [3.8, 4) is 0 Å². The highest BCUT2D eigenvalue weighted by Crippen LogP contribution is 2.59. The number of hydrogen-bond acceptors (Lipinski definition) is 7. The lowest BCUT2D eigenvalue weighted by Crippen LogP contribution is -2.67. The number of carbonyl (C=O) groups excluding carboxylic acids is 3. The molecule has 1 aromatic carbocycles. The molecule has 1 saturated carbocycles. The maximum absolute atomic E-state index is 14.3. The van der Waals surface area contributed by atoms with E-state index in [1.807, 2.05) is 0 Å². The van der Waals surface area contributed by atoms with Crippen LogP contribution in [0.5, 0.6) is 0 Å². The van der Waals surface area contributed by atoms with E-state index in [1.165, 1.54) is 12.1 Å². The van der Waals surface area contributed by atoms with Crippen LogP contribution in [-0.2, 0) is 24.7 Å². The first-order valence-corrected chi connectivity index (χ1v) is 17.4. The number of fused-ring (bicyclic) bond motifs is 2. The number of benzene rings is 1. The van der Waals surface area contributed by atoms with Crippen LogP contribution in [0.25, 0.3) is 10.1 Å². The first-order valence-electron chi connectivity index (χ1n) is 15.0. The van der Waals surface area contributed by atoms with E-state index in [-0.39, 0.29) is 28.1 Å². The summed E-state index contributed by atoms with van der Waals surface area (Å²) in [4.78, 5) is 68.4. The van der Waals surface area contributed by atoms with Crippen molar-refractivity contribution in [3.63, 3.8) is 0 Å². The third-order valence-corrected chi connectivity index (χ3v) is 11.7. The highest BCUT2D eigenvalue weighted by molar-refractivity contribution is 7.52. The lowest BCUT2D eigenvalue weighted by atomic mass is 9.87. The molecule has 15 heteroatoms. The molecule has 0 unspecified atom stereocenters. The molecule has 11 nitrogen and oxygen atoms in total. The summed E-state index contributed by atoms with van der Waals surface area (Å²) in [6.07, 6.45) is 7.07. The number of nitrogens with one attached hydrogen (secondary N) is 1. The number of alkyl halides is 2. The number of halogens is 2. The van der Waals surface area contributed by atoms with Crippen LogP contribution in [-0.4, -0.2) is 79.8 Å². The van der Waals surface area contributed by atoms with Gasteiger partial charge < -0.3 is 29.7 Å². The number of carbonyl (C=O) groups is 3. The second kappa shape index (κ2) is 10.6. The number of nitrogens with zero attached hydrogens (tertiary/aromatic N) is 3. The Balaban J connectivity index is 1.04. The van der Waals surface area contributed by atoms with Crippen molar-refractivity contribution in [2.75, 3.05) is 13.1 Å². The van der Waals surface area contributed by atoms with Gasteiger partial charge in [0.25, 0.3) is 5.91 Å². The number of likely N-dealkylation sites (tertiary alicyclic amines) is 1. The second-order valence-corrected chi connectivity index (χ2v) is 15.5. The zero-order valence-corrected chi connectivity index (χ0v) is 25.5. The summed E-state index contributed by atoms with van der Waals surface area (Å²) >= 11 is 1.03. The molecule has 7 rings (SSSR count). The van der Waals surface area contributed by atoms with Gasteiger partial charge in [-0.05, 0) is 62.1 Å². The van der Waals surface area contributed by atoms with Gasteiger partial charge in [0.2, 0.25) is 11.8 Å². The Morgan fingerprint density at radius 2 is 1.84 bits per heavy atom. The Morgan fingerprint density at radius 1 is 1.09 bits per heavy atom. The summed E-state index contributed by atoms with van der Waals surface area (Å²) in [6.45, 7) is 0.894. The average molecular weight is 651 g/mol. The van der Waals surface area contributed by atoms with Gasteiger partial charge in [0.05, 0.1) is 23.7 Å². The number of rotatable bonds is 6. The summed E-state index contributed by atoms with van der Waals surface area (Å²) in [7, 11) is -5.75. The van der Waals surface area contributed by atoms with Crippen molar-refractivity contribution in [3.05, 3.63) is 34.7 Å². The molecular weight excluding hydrogens is 617 g/mol. The molecular formula is C29H33F2N4O7PS. The van der Waals surface area contributed by atoms with Gasteiger partial charge >= 0.3 is 13.3 Å². The summed E-state index contributed by atoms with van der Waals surface area (Å²) < 4.78 is 40.3. The van der Waals surface area contributed by atoms with Gasteiger partial charge in [-0.2, -0.15) is 8.78 Å².